The molecule has 3 aliphatic heterocycles. The molecule has 0 radical (unpaired) electrons. The predicted molar refractivity (Wildman–Crippen MR) is 155 cm³/mol. The first-order valence-corrected chi connectivity index (χ1v) is 14.3. The van der Waals surface area contributed by atoms with Crippen LogP contribution < -0.4 is 9.91 Å². The van der Waals surface area contributed by atoms with Crippen molar-refractivity contribution in [3.05, 3.63) is 95.1 Å². The topological polar surface area (TPSA) is 62.2 Å². The summed E-state index contributed by atoms with van der Waals surface area (Å²) in [6, 6.07) is 20.3. The lowest BCUT2D eigenvalue weighted by Crippen LogP contribution is -2.62. The number of hydrogen-bond donors (Lipinski definition) is 0. The van der Waals surface area contributed by atoms with Gasteiger partial charge in [0.25, 0.3) is 5.91 Å². The van der Waals surface area contributed by atoms with E-state index < -0.39 is 23.1 Å². The highest BCUT2D eigenvalue weighted by atomic mass is 19.4. The van der Waals surface area contributed by atoms with Crippen molar-refractivity contribution in [1.29, 1.82) is 0 Å². The molecule has 1 fully saturated rings. The smallest absolute Gasteiger partial charge is 0.416 e. The number of carbonyl (C=O) groups excluding carboxylic acids is 2. The number of piperidine rings is 1. The number of benzene rings is 3. The Morgan fingerprint density at radius 2 is 1.81 bits per heavy atom. The number of hydrogen-bond acceptors (Lipinski definition) is 5. The van der Waals surface area contributed by atoms with Gasteiger partial charge in [0.2, 0.25) is 0 Å². The second-order valence-electron chi connectivity index (χ2n) is 11.3. The summed E-state index contributed by atoms with van der Waals surface area (Å²) in [5.74, 6) is -0.415. The van der Waals surface area contributed by atoms with E-state index in [1.54, 1.807) is 37.3 Å². The number of halogens is 3. The fourth-order valence-electron chi connectivity index (χ4n) is 6.87. The van der Waals surface area contributed by atoms with Gasteiger partial charge in [-0.1, -0.05) is 30.3 Å². The molecule has 3 aromatic rings. The second kappa shape index (κ2) is 10.6. The third-order valence-corrected chi connectivity index (χ3v) is 8.93. The van der Waals surface area contributed by atoms with Crippen LogP contribution in [0, 0.1) is 11.3 Å². The number of fused-ring (bicyclic) bond motifs is 4. The maximum atomic E-state index is 14.5. The predicted octanol–water partition coefficient (Wildman–Crippen LogP) is 6.68. The summed E-state index contributed by atoms with van der Waals surface area (Å²) in [4.78, 5) is 28.8. The van der Waals surface area contributed by atoms with Crippen molar-refractivity contribution in [1.82, 2.24) is 0 Å². The van der Waals surface area contributed by atoms with Crippen LogP contribution in [0.15, 0.2) is 77.9 Å². The Morgan fingerprint density at radius 1 is 1.07 bits per heavy atom. The van der Waals surface area contributed by atoms with Gasteiger partial charge in [-0.15, -0.1) is 0 Å². The Kier molecular flexibility index (Phi) is 7.07. The average molecular weight is 576 g/mol. The number of anilines is 2. The standard InChI is InChI=1S/C33H32F3N3O3/c1-3-42-30(40)24-9-12-27(13-10-24)39-31(41)32(21(2)37-39)20-25-19-26(33(34,35)36)11-14-28(25)38-16-15-23(18-29(32)38)17-22-7-5-4-6-8-22/h4-14,19,23,29H,3,15-18,20H2,1-2H3/t23-,29-,32+/m1/s1. The van der Waals surface area contributed by atoms with Crippen molar-refractivity contribution in [3.8, 4) is 0 Å². The molecule has 1 saturated heterocycles. The van der Waals surface area contributed by atoms with E-state index in [9.17, 15) is 22.8 Å². The van der Waals surface area contributed by atoms with Gasteiger partial charge < -0.3 is 9.64 Å². The minimum absolute atomic E-state index is 0.136. The van der Waals surface area contributed by atoms with Crippen LogP contribution in [0.25, 0.3) is 0 Å². The zero-order chi connectivity index (χ0) is 29.6. The quantitative estimate of drug-likeness (QED) is 0.319. The van der Waals surface area contributed by atoms with Crippen LogP contribution in [-0.2, 0) is 28.5 Å². The molecule has 1 amide bonds. The Labute approximate surface area is 242 Å². The molecule has 0 N–H and O–H groups in total. The van der Waals surface area contributed by atoms with Gasteiger partial charge in [0.15, 0.2) is 0 Å². The summed E-state index contributed by atoms with van der Waals surface area (Å²) in [6.07, 6.45) is -1.91. The summed E-state index contributed by atoms with van der Waals surface area (Å²) < 4.78 is 46.3. The molecule has 9 heteroatoms. The molecule has 3 heterocycles. The van der Waals surface area contributed by atoms with E-state index in [0.717, 1.165) is 24.6 Å². The third kappa shape index (κ3) is 4.74. The minimum Gasteiger partial charge on any atom is -0.462 e. The Balaban J connectivity index is 1.38. The largest absolute Gasteiger partial charge is 0.462 e. The molecule has 6 nitrogen and oxygen atoms in total. The molecule has 0 aromatic heterocycles. The molecular weight excluding hydrogens is 543 g/mol. The minimum atomic E-state index is -4.49. The van der Waals surface area contributed by atoms with E-state index in [1.165, 1.54) is 16.6 Å². The molecule has 1 spiro atoms. The van der Waals surface area contributed by atoms with Gasteiger partial charge in [0.1, 0.15) is 5.41 Å². The van der Waals surface area contributed by atoms with Crippen LogP contribution >= 0.6 is 0 Å². The number of hydrazone groups is 1. The van der Waals surface area contributed by atoms with E-state index in [0.29, 0.717) is 41.4 Å². The Morgan fingerprint density at radius 3 is 2.50 bits per heavy atom. The Bertz CT molecular complexity index is 1540. The molecule has 6 rings (SSSR count). The van der Waals surface area contributed by atoms with Crippen LogP contribution in [-0.4, -0.2) is 36.8 Å². The van der Waals surface area contributed by atoms with Crippen LogP contribution in [0.4, 0.5) is 24.5 Å². The van der Waals surface area contributed by atoms with Gasteiger partial charge in [-0.2, -0.15) is 23.3 Å². The summed E-state index contributed by atoms with van der Waals surface area (Å²) >= 11 is 0. The van der Waals surface area contributed by atoms with Crippen LogP contribution in [0.2, 0.25) is 0 Å². The van der Waals surface area contributed by atoms with E-state index in [2.05, 4.69) is 17.0 Å². The van der Waals surface area contributed by atoms with Crippen molar-refractivity contribution in [2.45, 2.75) is 51.7 Å². The normalized spacial score (nSPS) is 23.5. The lowest BCUT2D eigenvalue weighted by Gasteiger charge is -2.52. The lowest BCUT2D eigenvalue weighted by molar-refractivity contribution is -0.137. The number of alkyl halides is 3. The molecule has 0 bridgehead atoms. The highest BCUT2D eigenvalue weighted by molar-refractivity contribution is 6.20. The maximum Gasteiger partial charge on any atom is 0.416 e. The van der Waals surface area contributed by atoms with Gasteiger partial charge in [0, 0.05) is 18.3 Å². The number of carbonyl (C=O) groups is 2. The number of ether oxygens (including phenoxy) is 1. The van der Waals surface area contributed by atoms with Crippen LogP contribution in [0.5, 0.6) is 0 Å². The monoisotopic (exact) mass is 575 g/mol. The molecule has 218 valence electrons. The molecular formula is C33H32F3N3O3. The summed E-state index contributed by atoms with van der Waals surface area (Å²) in [6.45, 7) is 4.42. The van der Waals surface area contributed by atoms with Crippen molar-refractivity contribution in [3.63, 3.8) is 0 Å². The van der Waals surface area contributed by atoms with E-state index in [-0.39, 0.29) is 25.0 Å². The van der Waals surface area contributed by atoms with Gasteiger partial charge in [0.05, 0.1) is 29.1 Å². The Hall–Kier alpha value is -4.14. The molecule has 0 saturated carbocycles. The zero-order valence-corrected chi connectivity index (χ0v) is 23.5. The number of esters is 1. The fourth-order valence-corrected chi connectivity index (χ4v) is 6.87. The summed E-state index contributed by atoms with van der Waals surface area (Å²) in [5.41, 5.74) is 2.08. The SMILES string of the molecule is CCOC(=O)c1ccc(N2N=C(C)[C@]3(Cc4cc(C(F)(F)F)ccc4N4CC[C@H](Cc5ccccc5)C[C@@H]43)C2=O)cc1. The molecule has 0 unspecified atom stereocenters. The molecule has 3 aliphatic rings. The van der Waals surface area contributed by atoms with Crippen LogP contribution in [0.1, 0.15) is 53.7 Å². The molecule has 0 aliphatic carbocycles. The van der Waals surface area contributed by atoms with Gasteiger partial charge in [-0.05, 0) is 99.0 Å². The lowest BCUT2D eigenvalue weighted by atomic mass is 9.63. The van der Waals surface area contributed by atoms with Crippen LogP contribution in [0.3, 0.4) is 0 Å². The van der Waals surface area contributed by atoms with Crippen molar-refractivity contribution >= 4 is 29.0 Å². The molecule has 42 heavy (non-hydrogen) atoms. The van der Waals surface area contributed by atoms with Gasteiger partial charge in [-0.3, -0.25) is 4.79 Å². The first kappa shape index (κ1) is 28.0. The fraction of sp³-hybridized carbons (Fsp3) is 0.364. The van der Waals surface area contributed by atoms with E-state index in [4.69, 9.17) is 9.84 Å². The number of rotatable bonds is 5. The number of nitrogens with zero attached hydrogens (tertiary/aromatic N) is 3. The third-order valence-electron chi connectivity index (χ3n) is 8.93. The molecule has 3 atom stereocenters. The van der Waals surface area contributed by atoms with E-state index >= 15 is 0 Å². The highest BCUT2D eigenvalue weighted by Gasteiger charge is 2.60. The number of amides is 1. The van der Waals surface area contributed by atoms with E-state index in [1.807, 2.05) is 25.1 Å². The van der Waals surface area contributed by atoms with Gasteiger partial charge in [-0.25, -0.2) is 4.79 Å². The maximum absolute atomic E-state index is 14.5. The second-order valence-corrected chi connectivity index (χ2v) is 11.3. The average Bonchev–Trinajstić information content (AvgIpc) is 3.22. The first-order valence-electron chi connectivity index (χ1n) is 14.3. The van der Waals surface area contributed by atoms with Gasteiger partial charge >= 0.3 is 12.1 Å². The van der Waals surface area contributed by atoms with Crippen molar-refractivity contribution in [2.75, 3.05) is 23.1 Å². The van der Waals surface area contributed by atoms with Crippen molar-refractivity contribution < 1.29 is 27.5 Å². The first-order chi connectivity index (χ1) is 20.1. The summed E-state index contributed by atoms with van der Waals surface area (Å²) in [5, 5.41) is 6.06. The highest BCUT2D eigenvalue weighted by Crippen LogP contribution is 2.51. The van der Waals surface area contributed by atoms with Crippen molar-refractivity contribution in [2.24, 2.45) is 16.4 Å². The zero-order valence-electron chi connectivity index (χ0n) is 23.5. The summed E-state index contributed by atoms with van der Waals surface area (Å²) in [7, 11) is 0. The molecule has 3 aromatic carbocycles.